The Morgan fingerprint density at radius 3 is 2.44 bits per heavy atom. The fourth-order valence-corrected chi connectivity index (χ4v) is 2.56. The van der Waals surface area contributed by atoms with Gasteiger partial charge in [0.15, 0.2) is 11.5 Å². The van der Waals surface area contributed by atoms with Gasteiger partial charge in [-0.2, -0.15) is 0 Å². The van der Waals surface area contributed by atoms with E-state index in [-0.39, 0.29) is 12.4 Å². The van der Waals surface area contributed by atoms with Gasteiger partial charge in [-0.25, -0.2) is 0 Å². The monoisotopic (exact) mass is 365 g/mol. The summed E-state index contributed by atoms with van der Waals surface area (Å²) in [5.74, 6) is 1.29. The van der Waals surface area contributed by atoms with Crippen molar-refractivity contribution in [2.24, 2.45) is 5.73 Å². The quantitative estimate of drug-likeness (QED) is 0.697. The van der Waals surface area contributed by atoms with Gasteiger partial charge in [0.1, 0.15) is 6.61 Å². The fraction of sp³-hybridized carbons (Fsp3) is 0.400. The van der Waals surface area contributed by atoms with E-state index in [1.807, 2.05) is 48.5 Å². The molecule has 0 bridgehead atoms. The lowest BCUT2D eigenvalue weighted by molar-refractivity contribution is 0.132. The summed E-state index contributed by atoms with van der Waals surface area (Å²) in [6, 6.07) is 15.1. The van der Waals surface area contributed by atoms with Crippen LogP contribution in [0.4, 0.5) is 0 Å². The molecule has 3 N–H and O–H groups in total. The van der Waals surface area contributed by atoms with Crippen LogP contribution in [0.5, 0.6) is 11.5 Å². The number of ether oxygens (including phenoxy) is 2. The highest BCUT2D eigenvalue weighted by molar-refractivity contribution is 5.85. The summed E-state index contributed by atoms with van der Waals surface area (Å²) in [6.45, 7) is 2.55. The van der Waals surface area contributed by atoms with Crippen LogP contribution < -0.4 is 15.2 Å². The summed E-state index contributed by atoms with van der Waals surface area (Å²) in [5, 5.41) is 10.2. The molecule has 2 rings (SSSR count). The highest BCUT2D eigenvalue weighted by Crippen LogP contribution is 2.31. The third kappa shape index (κ3) is 6.24. The Hall–Kier alpha value is -1.75. The van der Waals surface area contributed by atoms with Gasteiger partial charge < -0.3 is 20.3 Å². The second-order valence-electron chi connectivity index (χ2n) is 5.92. The van der Waals surface area contributed by atoms with Crippen LogP contribution in [0.2, 0.25) is 0 Å². The van der Waals surface area contributed by atoms with Crippen molar-refractivity contribution in [1.29, 1.82) is 0 Å². The smallest absolute Gasteiger partial charge is 0.161 e. The van der Waals surface area contributed by atoms with Crippen molar-refractivity contribution in [1.82, 2.24) is 0 Å². The number of hydrogen-bond donors (Lipinski definition) is 2. The Morgan fingerprint density at radius 1 is 1.08 bits per heavy atom. The largest absolute Gasteiger partial charge is 0.493 e. The molecule has 0 aromatic heterocycles. The Kier molecular flexibility index (Phi) is 9.35. The van der Waals surface area contributed by atoms with E-state index in [2.05, 4.69) is 6.92 Å². The van der Waals surface area contributed by atoms with Gasteiger partial charge in [-0.1, -0.05) is 56.2 Å². The number of unbranched alkanes of at least 4 members (excludes halogenated alkanes) is 1. The number of rotatable bonds is 9. The zero-order chi connectivity index (χ0) is 17.4. The van der Waals surface area contributed by atoms with Gasteiger partial charge in [0, 0.05) is 0 Å². The van der Waals surface area contributed by atoms with Crippen LogP contribution in [-0.2, 0) is 6.61 Å². The molecular formula is C20H28ClNO3. The van der Waals surface area contributed by atoms with Crippen molar-refractivity contribution in [3.8, 4) is 11.5 Å². The van der Waals surface area contributed by atoms with Crippen LogP contribution in [0.25, 0.3) is 0 Å². The first kappa shape index (κ1) is 21.3. The number of hydrogen-bond acceptors (Lipinski definition) is 4. The maximum atomic E-state index is 10.2. The Balaban J connectivity index is 0.00000312. The summed E-state index contributed by atoms with van der Waals surface area (Å²) in [6.07, 6.45) is 2.14. The minimum Gasteiger partial charge on any atom is -0.493 e. The van der Waals surface area contributed by atoms with Gasteiger partial charge in [0.2, 0.25) is 0 Å². The Morgan fingerprint density at radius 2 is 1.80 bits per heavy atom. The molecule has 0 aliphatic rings. The van der Waals surface area contributed by atoms with Crippen LogP contribution in [0.15, 0.2) is 48.5 Å². The maximum absolute atomic E-state index is 10.2. The van der Waals surface area contributed by atoms with Crippen LogP contribution in [0, 0.1) is 0 Å². The van der Waals surface area contributed by atoms with E-state index in [0.717, 1.165) is 24.0 Å². The predicted octanol–water partition coefficient (Wildman–Crippen LogP) is 4.25. The number of halogens is 1. The van der Waals surface area contributed by atoms with Crippen LogP contribution >= 0.6 is 12.4 Å². The Labute approximate surface area is 156 Å². The molecule has 0 fully saturated rings. The lowest BCUT2D eigenvalue weighted by Gasteiger charge is -2.20. The molecule has 0 aliphatic carbocycles. The molecule has 5 heteroatoms. The first-order chi connectivity index (χ1) is 11.7. The van der Waals surface area contributed by atoms with Gasteiger partial charge in [0.25, 0.3) is 0 Å². The zero-order valence-corrected chi connectivity index (χ0v) is 15.7. The molecule has 138 valence electrons. The van der Waals surface area contributed by atoms with Crippen LogP contribution in [-0.4, -0.2) is 18.3 Å². The lowest BCUT2D eigenvalue weighted by Crippen LogP contribution is -2.26. The highest BCUT2D eigenvalue weighted by atomic mass is 35.5. The third-order valence-electron chi connectivity index (χ3n) is 4.08. The van der Waals surface area contributed by atoms with Gasteiger partial charge >= 0.3 is 0 Å². The van der Waals surface area contributed by atoms with E-state index in [4.69, 9.17) is 15.2 Å². The van der Waals surface area contributed by atoms with Gasteiger partial charge in [-0.15, -0.1) is 12.4 Å². The van der Waals surface area contributed by atoms with Crippen molar-refractivity contribution >= 4 is 12.4 Å². The average molecular weight is 366 g/mol. The molecular weight excluding hydrogens is 338 g/mol. The average Bonchev–Trinajstić information content (AvgIpc) is 2.64. The van der Waals surface area contributed by atoms with Crippen LogP contribution in [0.3, 0.4) is 0 Å². The van der Waals surface area contributed by atoms with E-state index in [0.29, 0.717) is 24.5 Å². The van der Waals surface area contributed by atoms with Gasteiger partial charge in [-0.3, -0.25) is 0 Å². The summed E-state index contributed by atoms with van der Waals surface area (Å²) >= 11 is 0. The number of benzene rings is 2. The summed E-state index contributed by atoms with van der Waals surface area (Å²) < 4.78 is 11.3. The van der Waals surface area contributed by atoms with E-state index in [9.17, 15) is 5.11 Å². The maximum Gasteiger partial charge on any atom is 0.161 e. The van der Waals surface area contributed by atoms with Crippen molar-refractivity contribution < 1.29 is 14.6 Å². The summed E-state index contributed by atoms with van der Waals surface area (Å²) in [7, 11) is 1.61. The van der Waals surface area contributed by atoms with E-state index in [1.165, 1.54) is 0 Å². The van der Waals surface area contributed by atoms with Gasteiger partial charge in [-0.05, 0) is 29.7 Å². The first-order valence-corrected chi connectivity index (χ1v) is 8.44. The topological polar surface area (TPSA) is 64.7 Å². The normalized spacial score (nSPS) is 12.8. The fourth-order valence-electron chi connectivity index (χ4n) is 2.56. The number of methoxy groups -OCH3 is 1. The van der Waals surface area contributed by atoms with Crippen molar-refractivity contribution in [2.45, 2.75) is 44.9 Å². The first-order valence-electron chi connectivity index (χ1n) is 8.44. The third-order valence-corrected chi connectivity index (χ3v) is 4.08. The molecule has 2 atom stereocenters. The predicted molar refractivity (Wildman–Crippen MR) is 103 cm³/mol. The SMILES string of the molecule is CCCC[C@@H](O)[C@@H](N)c1ccc(OC)c(OCc2ccccc2)c1.Cl. The molecule has 0 spiro atoms. The van der Waals surface area contributed by atoms with Crippen molar-refractivity contribution in [3.05, 3.63) is 59.7 Å². The molecule has 2 aromatic carbocycles. The van der Waals surface area contributed by atoms with Gasteiger partial charge in [0.05, 0.1) is 19.3 Å². The molecule has 4 nitrogen and oxygen atoms in total. The molecule has 2 aromatic rings. The standard InChI is InChI=1S/C20H27NO3.ClH/c1-3-4-10-17(22)20(21)16-11-12-18(23-2)19(13-16)24-14-15-8-6-5-7-9-15;/h5-9,11-13,17,20,22H,3-4,10,14,21H2,1-2H3;1H/t17-,20+;/m1./s1. The molecule has 0 unspecified atom stereocenters. The second-order valence-corrected chi connectivity index (χ2v) is 5.92. The second kappa shape index (κ2) is 11.0. The van der Waals surface area contributed by atoms with Crippen LogP contribution in [0.1, 0.15) is 43.4 Å². The summed E-state index contributed by atoms with van der Waals surface area (Å²) in [4.78, 5) is 0. The van der Waals surface area contributed by atoms with E-state index >= 15 is 0 Å². The van der Waals surface area contributed by atoms with E-state index < -0.39 is 12.1 Å². The minimum absolute atomic E-state index is 0. The highest BCUT2D eigenvalue weighted by Gasteiger charge is 2.18. The molecule has 25 heavy (non-hydrogen) atoms. The molecule has 0 saturated carbocycles. The molecule has 0 amide bonds. The summed E-state index contributed by atoms with van der Waals surface area (Å²) in [5.41, 5.74) is 8.13. The Bertz CT molecular complexity index is 622. The number of aliphatic hydroxyl groups excluding tert-OH is 1. The van der Waals surface area contributed by atoms with Crippen molar-refractivity contribution in [2.75, 3.05) is 7.11 Å². The minimum atomic E-state index is -0.555. The zero-order valence-electron chi connectivity index (χ0n) is 14.9. The van der Waals surface area contributed by atoms with Crippen molar-refractivity contribution in [3.63, 3.8) is 0 Å². The lowest BCUT2D eigenvalue weighted by atomic mass is 9.98. The number of nitrogens with two attached hydrogens (primary N) is 1. The molecule has 0 saturated heterocycles. The molecule has 0 radical (unpaired) electrons. The van der Waals surface area contributed by atoms with E-state index in [1.54, 1.807) is 7.11 Å². The number of aliphatic hydroxyl groups is 1. The molecule has 0 heterocycles. The molecule has 0 aliphatic heterocycles.